The van der Waals surface area contributed by atoms with Crippen LogP contribution in [0.15, 0.2) is 45.4 Å². The van der Waals surface area contributed by atoms with E-state index in [4.69, 9.17) is 5.26 Å². The smallest absolute Gasteiger partial charge is 0.331 e. The molecule has 1 saturated heterocycles. The van der Waals surface area contributed by atoms with Crippen molar-refractivity contribution in [1.29, 1.82) is 5.26 Å². The van der Waals surface area contributed by atoms with Crippen LogP contribution in [-0.2, 0) is 14.3 Å². The Hall–Kier alpha value is -3.12. The number of carbonyl (C=O) groups is 2. The zero-order valence-corrected chi connectivity index (χ0v) is 15.1. The van der Waals surface area contributed by atoms with Gasteiger partial charge in [0.25, 0.3) is 5.91 Å². The first-order valence-electron chi connectivity index (χ1n) is 7.61. The second-order valence-electron chi connectivity index (χ2n) is 5.16. The van der Waals surface area contributed by atoms with Crippen LogP contribution in [0, 0.1) is 11.3 Å². The molecule has 9 heteroatoms. The number of nitrogens with one attached hydrogen (secondary N) is 1. The molecular formula is C17H17N5O3S. The Morgan fingerprint density at radius 1 is 1.42 bits per heavy atom. The van der Waals surface area contributed by atoms with Gasteiger partial charge in [-0.15, -0.1) is 5.10 Å². The van der Waals surface area contributed by atoms with Crippen molar-refractivity contribution >= 4 is 40.7 Å². The van der Waals surface area contributed by atoms with Crippen LogP contribution in [0.25, 0.3) is 0 Å². The molecule has 0 aromatic heterocycles. The lowest BCUT2D eigenvalue weighted by atomic mass is 10.2. The average molecular weight is 371 g/mol. The second kappa shape index (κ2) is 9.39. The molecule has 1 aliphatic heterocycles. The molecule has 1 aromatic carbocycles. The summed E-state index contributed by atoms with van der Waals surface area (Å²) in [6.45, 7) is 0.663. The van der Waals surface area contributed by atoms with Crippen molar-refractivity contribution < 1.29 is 14.3 Å². The van der Waals surface area contributed by atoms with Gasteiger partial charge in [-0.1, -0.05) is 12.1 Å². The number of nitriles is 1. The zero-order chi connectivity index (χ0) is 18.9. The van der Waals surface area contributed by atoms with Crippen molar-refractivity contribution in [3.63, 3.8) is 0 Å². The fourth-order valence-electron chi connectivity index (χ4n) is 1.95. The van der Waals surface area contributed by atoms with E-state index in [1.54, 1.807) is 6.21 Å². The summed E-state index contributed by atoms with van der Waals surface area (Å²) in [5.74, 6) is -1.02. The highest BCUT2D eigenvalue weighted by atomic mass is 32.2. The van der Waals surface area contributed by atoms with Crippen molar-refractivity contribution in [2.45, 2.75) is 6.42 Å². The molecule has 26 heavy (non-hydrogen) atoms. The van der Waals surface area contributed by atoms with Gasteiger partial charge in [0, 0.05) is 25.4 Å². The minimum atomic E-state index is -0.604. The van der Waals surface area contributed by atoms with Gasteiger partial charge in [-0.25, -0.2) is 4.79 Å². The van der Waals surface area contributed by atoms with E-state index in [9.17, 15) is 9.59 Å². The number of carbonyl (C=O) groups excluding carboxylic acids is 2. The second-order valence-corrected chi connectivity index (χ2v) is 6.19. The number of hydrogen-bond donors (Lipinski definition) is 1. The highest BCUT2D eigenvalue weighted by molar-refractivity contribution is 8.18. The summed E-state index contributed by atoms with van der Waals surface area (Å²) in [6.07, 6.45) is 3.13. The van der Waals surface area contributed by atoms with Gasteiger partial charge in [-0.3, -0.25) is 10.1 Å². The van der Waals surface area contributed by atoms with E-state index in [2.05, 4.69) is 26.3 Å². The molecule has 0 spiro atoms. The number of benzene rings is 1. The van der Waals surface area contributed by atoms with Gasteiger partial charge in [0.05, 0.1) is 30.7 Å². The monoisotopic (exact) mass is 371 g/mol. The fraction of sp³-hybridized carbons (Fsp3) is 0.235. The predicted molar refractivity (Wildman–Crippen MR) is 101 cm³/mol. The van der Waals surface area contributed by atoms with Crippen LogP contribution in [0.5, 0.6) is 0 Å². The van der Waals surface area contributed by atoms with Crippen LogP contribution in [0.3, 0.4) is 0 Å². The molecule has 1 N–H and O–H groups in total. The van der Waals surface area contributed by atoms with Crippen molar-refractivity contribution in [3.05, 3.63) is 40.8 Å². The SMILES string of the molecule is COC(=O)/C=C1/S/C(=N\N=Cc2ccc(N(C)CCC#N)cc2)NC1=O. The van der Waals surface area contributed by atoms with E-state index in [1.807, 2.05) is 36.2 Å². The Balaban J connectivity index is 1.97. The summed E-state index contributed by atoms with van der Waals surface area (Å²) in [7, 11) is 3.16. The lowest BCUT2D eigenvalue weighted by molar-refractivity contribution is -0.135. The van der Waals surface area contributed by atoms with Crippen LogP contribution < -0.4 is 10.2 Å². The minimum Gasteiger partial charge on any atom is -0.466 e. The summed E-state index contributed by atoms with van der Waals surface area (Å²) in [6, 6.07) is 9.73. The first-order chi connectivity index (χ1) is 12.5. The van der Waals surface area contributed by atoms with Gasteiger partial charge in [-0.2, -0.15) is 10.4 Å². The molecule has 1 amide bonds. The molecule has 1 aliphatic rings. The van der Waals surface area contributed by atoms with E-state index in [0.717, 1.165) is 29.1 Å². The van der Waals surface area contributed by atoms with Crippen molar-refractivity contribution in [1.82, 2.24) is 5.32 Å². The molecule has 0 radical (unpaired) electrons. The van der Waals surface area contributed by atoms with Gasteiger partial charge in [0.1, 0.15) is 0 Å². The molecular weight excluding hydrogens is 354 g/mol. The third-order valence-corrected chi connectivity index (χ3v) is 4.25. The third kappa shape index (κ3) is 5.46. The number of nitrogens with zero attached hydrogens (tertiary/aromatic N) is 4. The first kappa shape index (κ1) is 19.2. The number of ether oxygens (including phenoxy) is 1. The van der Waals surface area contributed by atoms with E-state index in [0.29, 0.717) is 13.0 Å². The number of anilines is 1. The fourth-order valence-corrected chi connectivity index (χ4v) is 2.69. The normalized spacial score (nSPS) is 16.7. The van der Waals surface area contributed by atoms with E-state index in [-0.39, 0.29) is 10.1 Å². The topological polar surface area (TPSA) is 107 Å². The van der Waals surface area contributed by atoms with Crippen molar-refractivity contribution in [2.75, 3.05) is 25.6 Å². The van der Waals surface area contributed by atoms with Gasteiger partial charge in [0.15, 0.2) is 5.17 Å². The van der Waals surface area contributed by atoms with E-state index >= 15 is 0 Å². The Morgan fingerprint density at radius 3 is 2.81 bits per heavy atom. The molecule has 0 bridgehead atoms. The third-order valence-electron chi connectivity index (χ3n) is 3.35. The molecule has 1 fully saturated rings. The lowest BCUT2D eigenvalue weighted by Gasteiger charge is -2.17. The van der Waals surface area contributed by atoms with E-state index < -0.39 is 11.9 Å². The molecule has 0 atom stereocenters. The average Bonchev–Trinajstić information content (AvgIpc) is 2.99. The minimum absolute atomic E-state index is 0.204. The number of thioether (sulfide) groups is 1. The predicted octanol–water partition coefficient (Wildman–Crippen LogP) is 1.65. The summed E-state index contributed by atoms with van der Waals surface area (Å²) in [4.78, 5) is 25.0. The quantitative estimate of drug-likeness (QED) is 0.353. The molecule has 0 aliphatic carbocycles. The van der Waals surface area contributed by atoms with Crippen LogP contribution >= 0.6 is 11.8 Å². The molecule has 0 saturated carbocycles. The number of methoxy groups -OCH3 is 1. The standard InChI is InChI=1S/C17H17N5O3S/c1-22(9-3-8-18)13-6-4-12(5-7-13)11-19-21-17-20-16(24)14(26-17)10-15(23)25-2/h4-7,10-11H,3,9H2,1-2H3,(H,20,21,24)/b14-10+,19-11?. The molecule has 1 heterocycles. The van der Waals surface area contributed by atoms with Gasteiger partial charge >= 0.3 is 5.97 Å². The number of amides is 1. The maximum Gasteiger partial charge on any atom is 0.331 e. The molecule has 1 aromatic rings. The molecule has 0 unspecified atom stereocenters. The van der Waals surface area contributed by atoms with Crippen molar-refractivity contribution in [2.24, 2.45) is 10.2 Å². The molecule has 8 nitrogen and oxygen atoms in total. The Morgan fingerprint density at radius 2 is 2.15 bits per heavy atom. The summed E-state index contributed by atoms with van der Waals surface area (Å²) >= 11 is 1.01. The number of amidine groups is 1. The Labute approximate surface area is 155 Å². The van der Waals surface area contributed by atoms with E-state index in [1.165, 1.54) is 7.11 Å². The molecule has 2 rings (SSSR count). The summed E-state index contributed by atoms with van der Waals surface area (Å²) in [5.41, 5.74) is 1.84. The van der Waals surface area contributed by atoms with Gasteiger partial charge < -0.3 is 9.64 Å². The first-order valence-corrected chi connectivity index (χ1v) is 8.43. The van der Waals surface area contributed by atoms with Crippen LogP contribution in [0.1, 0.15) is 12.0 Å². The van der Waals surface area contributed by atoms with Crippen LogP contribution in [-0.4, -0.2) is 44.0 Å². The Bertz CT molecular complexity index is 809. The number of esters is 1. The largest absolute Gasteiger partial charge is 0.466 e. The molecule has 134 valence electrons. The number of rotatable bonds is 6. The Kier molecular flexibility index (Phi) is 6.93. The summed E-state index contributed by atoms with van der Waals surface area (Å²) in [5, 5.41) is 19.3. The highest BCUT2D eigenvalue weighted by Crippen LogP contribution is 2.23. The number of hydrogen-bond acceptors (Lipinski definition) is 8. The van der Waals surface area contributed by atoms with Crippen LogP contribution in [0.2, 0.25) is 0 Å². The maximum atomic E-state index is 11.7. The van der Waals surface area contributed by atoms with Crippen LogP contribution in [0.4, 0.5) is 5.69 Å². The highest BCUT2D eigenvalue weighted by Gasteiger charge is 2.24. The maximum absolute atomic E-state index is 11.7. The zero-order valence-electron chi connectivity index (χ0n) is 14.3. The lowest BCUT2D eigenvalue weighted by Crippen LogP contribution is -2.19. The van der Waals surface area contributed by atoms with Gasteiger partial charge in [-0.05, 0) is 29.5 Å². The van der Waals surface area contributed by atoms with Gasteiger partial charge in [0.2, 0.25) is 0 Å². The summed E-state index contributed by atoms with van der Waals surface area (Å²) < 4.78 is 4.49. The van der Waals surface area contributed by atoms with Crippen molar-refractivity contribution in [3.8, 4) is 6.07 Å².